The molecule has 6 rings (SSSR count). The van der Waals surface area contributed by atoms with Gasteiger partial charge in [0, 0.05) is 25.3 Å². The van der Waals surface area contributed by atoms with Crippen LogP contribution in [0.5, 0.6) is 5.75 Å². The highest BCUT2D eigenvalue weighted by Crippen LogP contribution is 2.42. The van der Waals surface area contributed by atoms with E-state index in [0.29, 0.717) is 42.6 Å². The Hall–Kier alpha value is -2.49. The highest BCUT2D eigenvalue weighted by atomic mass is 16.5. The summed E-state index contributed by atoms with van der Waals surface area (Å²) < 4.78 is 7.92. The zero-order valence-corrected chi connectivity index (χ0v) is 27.0. The first-order valence-corrected chi connectivity index (χ1v) is 17.6. The summed E-state index contributed by atoms with van der Waals surface area (Å²) in [5, 5.41) is 38.0. The van der Waals surface area contributed by atoms with Crippen LogP contribution in [0.1, 0.15) is 94.3 Å². The Morgan fingerprint density at radius 3 is 2.40 bits per heavy atom. The monoisotopic (exact) mass is 622 g/mol. The van der Waals surface area contributed by atoms with E-state index >= 15 is 0 Å². The zero-order chi connectivity index (χ0) is 31.5. The maximum absolute atomic E-state index is 12.0. The Bertz CT molecular complexity index is 1180. The molecule has 1 unspecified atom stereocenters. The molecule has 1 aliphatic carbocycles. The minimum atomic E-state index is -0.879. The van der Waals surface area contributed by atoms with Crippen molar-refractivity contribution in [2.75, 3.05) is 51.2 Å². The zero-order valence-electron chi connectivity index (χ0n) is 27.0. The fourth-order valence-corrected chi connectivity index (χ4v) is 8.23. The topological polar surface area (TPSA) is 111 Å². The molecule has 5 N–H and O–H groups in total. The van der Waals surface area contributed by atoms with Crippen LogP contribution in [-0.2, 0) is 15.1 Å². The van der Waals surface area contributed by atoms with Gasteiger partial charge < -0.3 is 35.2 Å². The molecule has 2 bridgehead atoms. The lowest BCUT2D eigenvalue weighted by Gasteiger charge is -2.53. The largest absolute Gasteiger partial charge is 0.506 e. The van der Waals surface area contributed by atoms with Crippen molar-refractivity contribution in [1.29, 1.82) is 0 Å². The summed E-state index contributed by atoms with van der Waals surface area (Å²) in [5.41, 5.74) is 1.10. The summed E-state index contributed by atoms with van der Waals surface area (Å²) in [7, 11) is 0. The standard InChI is InChI=1S/C37H55N3O5/c41-28-39-33-24-30(16-17-34(33)42)35(43)25-38-20-10-3-1-2-4-11-21-40-22-18-29(19-23-40)36(26-40)45-27-37(44,32-14-8-9-15-32)31-12-6-5-7-13-31/h5-7,12-13,16-17,24,28-29,32,35-36,38,43-44H,1-4,8-11,14-15,18-23,25-27H2,(H-,39,41,42)/p+1/t29?,35-,36-,37?,40?/m0/s1. The fourth-order valence-electron chi connectivity index (χ4n) is 8.23. The summed E-state index contributed by atoms with van der Waals surface area (Å²) in [6.07, 6.45) is 14.5. The first-order chi connectivity index (χ1) is 21.9. The molecule has 2 aromatic rings. The van der Waals surface area contributed by atoms with Crippen molar-refractivity contribution in [3.8, 4) is 5.75 Å². The third-order valence-corrected chi connectivity index (χ3v) is 11.1. The molecular weight excluding hydrogens is 566 g/mol. The van der Waals surface area contributed by atoms with E-state index < -0.39 is 11.7 Å². The second-order valence-electron chi connectivity index (χ2n) is 14.0. The maximum atomic E-state index is 12.0. The first kappa shape index (κ1) is 33.9. The van der Waals surface area contributed by atoms with Gasteiger partial charge >= 0.3 is 0 Å². The molecule has 2 aromatic carbocycles. The van der Waals surface area contributed by atoms with Crippen molar-refractivity contribution < 1.29 is 29.3 Å². The molecule has 3 heterocycles. The molecule has 8 nitrogen and oxygen atoms in total. The van der Waals surface area contributed by atoms with Gasteiger partial charge in [0.1, 0.15) is 24.0 Å². The molecule has 0 spiro atoms. The van der Waals surface area contributed by atoms with E-state index in [0.717, 1.165) is 37.9 Å². The number of aromatic hydroxyl groups is 1. The smallest absolute Gasteiger partial charge is 0.211 e. The van der Waals surface area contributed by atoms with Gasteiger partial charge in [-0.3, -0.25) is 4.79 Å². The number of phenols is 1. The van der Waals surface area contributed by atoms with Gasteiger partial charge in [-0.2, -0.15) is 0 Å². The predicted molar refractivity (Wildman–Crippen MR) is 178 cm³/mol. The van der Waals surface area contributed by atoms with E-state index in [-0.39, 0.29) is 11.9 Å². The number of nitrogens with zero attached hydrogens (tertiary/aromatic N) is 1. The van der Waals surface area contributed by atoms with Crippen LogP contribution in [0.2, 0.25) is 0 Å². The third kappa shape index (κ3) is 8.86. The number of aliphatic hydroxyl groups excluding tert-OH is 1. The number of nitrogens with one attached hydrogen (secondary N) is 2. The molecule has 1 saturated carbocycles. The molecule has 4 aliphatic rings. The Morgan fingerprint density at radius 2 is 1.67 bits per heavy atom. The lowest BCUT2D eigenvalue weighted by atomic mass is 9.80. The van der Waals surface area contributed by atoms with E-state index in [1.54, 1.807) is 12.1 Å². The molecule has 0 aromatic heterocycles. The van der Waals surface area contributed by atoms with E-state index in [1.165, 1.54) is 88.0 Å². The number of aliphatic hydroxyl groups is 2. The van der Waals surface area contributed by atoms with Crippen LogP contribution in [0, 0.1) is 11.8 Å². The summed E-state index contributed by atoms with van der Waals surface area (Å²) in [4.78, 5) is 10.7. The molecule has 45 heavy (non-hydrogen) atoms. The van der Waals surface area contributed by atoms with Crippen LogP contribution in [-0.4, -0.2) is 78.2 Å². The molecule has 8 heteroatoms. The number of fused-ring (bicyclic) bond motifs is 3. The number of carbonyl (C=O) groups is 1. The van der Waals surface area contributed by atoms with Crippen LogP contribution in [0.15, 0.2) is 48.5 Å². The molecule has 4 fully saturated rings. The molecule has 0 radical (unpaired) electrons. The van der Waals surface area contributed by atoms with Gasteiger partial charge in [-0.15, -0.1) is 0 Å². The van der Waals surface area contributed by atoms with Gasteiger partial charge in [0.25, 0.3) is 0 Å². The van der Waals surface area contributed by atoms with Crippen molar-refractivity contribution in [2.24, 2.45) is 11.8 Å². The van der Waals surface area contributed by atoms with Crippen LogP contribution < -0.4 is 10.6 Å². The van der Waals surface area contributed by atoms with Crippen LogP contribution in [0.25, 0.3) is 0 Å². The number of hydrogen-bond donors (Lipinski definition) is 5. The number of ether oxygens (including phenoxy) is 1. The third-order valence-electron chi connectivity index (χ3n) is 11.1. The number of quaternary nitrogens is 1. The van der Waals surface area contributed by atoms with Gasteiger partial charge in [0.15, 0.2) is 0 Å². The normalized spacial score (nSPS) is 25.2. The van der Waals surface area contributed by atoms with Crippen LogP contribution >= 0.6 is 0 Å². The first-order valence-electron chi connectivity index (χ1n) is 17.6. The molecule has 3 atom stereocenters. The Kier molecular flexibility index (Phi) is 12.3. The second-order valence-corrected chi connectivity index (χ2v) is 14.0. The van der Waals surface area contributed by atoms with Crippen molar-refractivity contribution in [3.63, 3.8) is 0 Å². The van der Waals surface area contributed by atoms with Crippen molar-refractivity contribution in [3.05, 3.63) is 59.7 Å². The molecule has 1 amide bonds. The van der Waals surface area contributed by atoms with Crippen molar-refractivity contribution >= 4 is 12.1 Å². The Balaban J connectivity index is 0.966. The second kappa shape index (κ2) is 16.4. The highest BCUT2D eigenvalue weighted by Gasteiger charge is 2.48. The predicted octanol–water partition coefficient (Wildman–Crippen LogP) is 5.63. The van der Waals surface area contributed by atoms with Crippen LogP contribution in [0.3, 0.4) is 0 Å². The van der Waals surface area contributed by atoms with E-state index in [4.69, 9.17) is 4.74 Å². The Labute approximate surface area is 269 Å². The number of piperidine rings is 3. The van der Waals surface area contributed by atoms with Gasteiger partial charge in [-0.1, -0.05) is 68.5 Å². The number of anilines is 1. The van der Waals surface area contributed by atoms with Gasteiger partial charge in [-0.25, -0.2) is 0 Å². The molecule has 248 valence electrons. The maximum Gasteiger partial charge on any atom is 0.211 e. The van der Waals surface area contributed by atoms with E-state index in [1.807, 2.05) is 18.2 Å². The number of hydrogen-bond acceptors (Lipinski definition) is 6. The average molecular weight is 623 g/mol. The van der Waals surface area contributed by atoms with Crippen molar-refractivity contribution in [2.45, 2.75) is 94.9 Å². The SMILES string of the molecule is O=CNc1cc([C@@H](O)CNCCCCCCCC[N+]23CCC(CC2)[C@@H](OCC(O)(c2ccccc2)C2CCCC2)C3)ccc1O. The summed E-state index contributed by atoms with van der Waals surface area (Å²) in [5.74, 6) is 0.913. The molecule has 3 saturated heterocycles. The lowest BCUT2D eigenvalue weighted by Crippen LogP contribution is -2.64. The van der Waals surface area contributed by atoms with Gasteiger partial charge in [0.05, 0.1) is 38.0 Å². The number of rotatable bonds is 19. The highest BCUT2D eigenvalue weighted by molar-refractivity contribution is 5.75. The average Bonchev–Trinajstić information content (AvgIpc) is 3.62. The van der Waals surface area contributed by atoms with Gasteiger partial charge in [0.2, 0.25) is 6.41 Å². The molecule has 3 aliphatic heterocycles. The fraction of sp³-hybridized carbons (Fsp3) is 0.649. The number of phenolic OH excluding ortho intramolecular Hbond substituents is 1. The minimum absolute atomic E-state index is 0.0172. The number of unbranched alkanes of at least 4 members (excludes halogenated alkanes) is 5. The Morgan fingerprint density at radius 1 is 0.956 bits per heavy atom. The van der Waals surface area contributed by atoms with E-state index in [2.05, 4.69) is 22.8 Å². The molecular formula is C37H56N3O5+. The number of carbonyl (C=O) groups excluding carboxylic acids is 1. The number of benzene rings is 2. The van der Waals surface area contributed by atoms with Crippen molar-refractivity contribution in [1.82, 2.24) is 5.32 Å². The van der Waals surface area contributed by atoms with E-state index in [9.17, 15) is 20.1 Å². The summed E-state index contributed by atoms with van der Waals surface area (Å²) in [6.45, 7) is 6.64. The minimum Gasteiger partial charge on any atom is -0.506 e. The van der Waals surface area contributed by atoms with Gasteiger partial charge in [-0.05, 0) is 67.8 Å². The summed E-state index contributed by atoms with van der Waals surface area (Å²) in [6, 6.07) is 15.0. The summed E-state index contributed by atoms with van der Waals surface area (Å²) >= 11 is 0. The number of amides is 1. The lowest BCUT2D eigenvalue weighted by molar-refractivity contribution is -0.946. The quantitative estimate of drug-likeness (QED) is 0.0602. The van der Waals surface area contributed by atoms with Crippen LogP contribution in [0.4, 0.5) is 5.69 Å².